The van der Waals surface area contributed by atoms with Crippen LogP contribution in [0.4, 0.5) is 0 Å². The van der Waals surface area contributed by atoms with Gasteiger partial charge >= 0.3 is 0 Å². The summed E-state index contributed by atoms with van der Waals surface area (Å²) in [6.07, 6.45) is 7.29. The molecule has 1 aliphatic rings. The number of hydrogen-bond donors (Lipinski definition) is 2. The monoisotopic (exact) mass is 390 g/mol. The van der Waals surface area contributed by atoms with Crippen molar-refractivity contribution in [3.63, 3.8) is 0 Å². The van der Waals surface area contributed by atoms with Crippen molar-refractivity contribution in [1.82, 2.24) is 5.32 Å². The molecule has 3 aromatic rings. The van der Waals surface area contributed by atoms with Crippen molar-refractivity contribution in [1.29, 1.82) is 0 Å². The maximum atomic E-state index is 10.1. The molecule has 1 aliphatic heterocycles. The molecule has 0 saturated heterocycles. The van der Waals surface area contributed by atoms with Gasteiger partial charge in [-0.2, -0.15) is 0 Å². The van der Waals surface area contributed by atoms with Crippen LogP contribution < -0.4 is 14.8 Å². The number of benzene rings is 2. The molecule has 2 aromatic carbocycles. The van der Waals surface area contributed by atoms with Gasteiger partial charge in [0.05, 0.1) is 33.3 Å². The summed E-state index contributed by atoms with van der Waals surface area (Å²) in [6.45, 7) is 1.13. The van der Waals surface area contributed by atoms with Crippen LogP contribution in [0.2, 0.25) is 0 Å². The van der Waals surface area contributed by atoms with Gasteiger partial charge in [0.25, 0.3) is 0 Å². The van der Waals surface area contributed by atoms with Crippen molar-refractivity contribution in [3.05, 3.63) is 71.8 Å². The molecule has 0 fully saturated rings. The Morgan fingerprint density at radius 2 is 2.03 bits per heavy atom. The quantitative estimate of drug-likeness (QED) is 0.659. The second kappa shape index (κ2) is 8.14. The molecule has 0 saturated carbocycles. The lowest BCUT2D eigenvalue weighted by molar-refractivity contribution is 0.332. The molecule has 4 rings (SSSR count). The van der Waals surface area contributed by atoms with Gasteiger partial charge in [-0.1, -0.05) is 12.1 Å². The average molecular weight is 390 g/mol. The smallest absolute Gasteiger partial charge is 0.203 e. The largest absolute Gasteiger partial charge is 0.504 e. The van der Waals surface area contributed by atoms with E-state index in [2.05, 4.69) is 28.5 Å². The van der Waals surface area contributed by atoms with Gasteiger partial charge in [0, 0.05) is 24.5 Å². The number of rotatable bonds is 6. The third kappa shape index (κ3) is 3.82. The lowest BCUT2D eigenvalue weighted by Crippen LogP contribution is -2.10. The fourth-order valence-electron chi connectivity index (χ4n) is 3.40. The highest BCUT2D eigenvalue weighted by Crippen LogP contribution is 2.37. The Kier molecular flexibility index (Phi) is 5.24. The predicted molar refractivity (Wildman–Crippen MR) is 113 cm³/mol. The fraction of sp³-hybridized carbons (Fsp3) is 0.174. The molecule has 0 amide bonds. The van der Waals surface area contributed by atoms with Gasteiger partial charge in [0.1, 0.15) is 0 Å². The molecule has 1 aromatic heterocycles. The van der Waals surface area contributed by atoms with Crippen molar-refractivity contribution >= 4 is 11.8 Å². The van der Waals surface area contributed by atoms with Crippen LogP contribution in [0.25, 0.3) is 16.7 Å². The minimum absolute atomic E-state index is 0.0497. The van der Waals surface area contributed by atoms with E-state index in [1.54, 1.807) is 25.7 Å². The van der Waals surface area contributed by atoms with Gasteiger partial charge in [-0.15, -0.1) is 0 Å². The van der Waals surface area contributed by atoms with E-state index in [-0.39, 0.29) is 5.75 Å². The molecule has 2 heterocycles. The van der Waals surface area contributed by atoms with Crippen molar-refractivity contribution in [2.24, 2.45) is 4.99 Å². The SMILES string of the molecule is COc1cc(CN/C=C2\CN=Cc3ccc(-c4ccoc4)cc32)cc(O)c1OC. The predicted octanol–water partition coefficient (Wildman–Crippen LogP) is 4.23. The zero-order valence-corrected chi connectivity index (χ0v) is 16.3. The van der Waals surface area contributed by atoms with E-state index in [0.29, 0.717) is 24.6 Å². The minimum Gasteiger partial charge on any atom is -0.504 e. The molecule has 0 unspecified atom stereocenters. The molecule has 0 atom stereocenters. The van der Waals surface area contributed by atoms with Crippen LogP contribution in [0.1, 0.15) is 16.7 Å². The summed E-state index contributed by atoms with van der Waals surface area (Å²) in [5.41, 5.74) is 6.34. The van der Waals surface area contributed by atoms with E-state index >= 15 is 0 Å². The Bertz CT molecular complexity index is 1070. The van der Waals surface area contributed by atoms with E-state index in [1.807, 2.05) is 24.5 Å². The number of phenolic OH excluding ortho intramolecular Hbond substituents is 1. The summed E-state index contributed by atoms with van der Waals surface area (Å²) in [4.78, 5) is 4.45. The third-order valence-electron chi connectivity index (χ3n) is 4.85. The molecule has 0 aliphatic carbocycles. The van der Waals surface area contributed by atoms with Crippen LogP contribution in [0, 0.1) is 0 Å². The Morgan fingerprint density at radius 1 is 1.14 bits per heavy atom. The van der Waals surface area contributed by atoms with Crippen LogP contribution in [0.15, 0.2) is 64.5 Å². The summed E-state index contributed by atoms with van der Waals surface area (Å²) in [5.74, 6) is 0.875. The molecular formula is C23H22N2O4. The highest BCUT2D eigenvalue weighted by molar-refractivity contribution is 5.93. The van der Waals surface area contributed by atoms with Gasteiger partial charge in [-0.25, -0.2) is 0 Å². The van der Waals surface area contributed by atoms with Crippen LogP contribution in [0.5, 0.6) is 17.2 Å². The van der Waals surface area contributed by atoms with Gasteiger partial charge in [0.15, 0.2) is 11.5 Å². The summed E-state index contributed by atoms with van der Waals surface area (Å²) in [6, 6.07) is 11.7. The second-order valence-electron chi connectivity index (χ2n) is 6.68. The standard InChI is InChI=1S/C23H22N2O4/c1-27-22-8-15(7-21(26)23(22)28-2)10-24-12-19-13-25-11-17-4-3-16(9-20(17)19)18-5-6-29-14-18/h3-9,11-12,14,24,26H,10,13H2,1-2H3/b19-12+. The molecule has 2 N–H and O–H groups in total. The van der Waals surface area contributed by atoms with E-state index < -0.39 is 0 Å². The number of ether oxygens (including phenoxy) is 2. The Morgan fingerprint density at radius 3 is 2.79 bits per heavy atom. The number of aliphatic imine (C=N–C) groups is 1. The van der Waals surface area contributed by atoms with Crippen LogP contribution >= 0.6 is 0 Å². The molecule has 29 heavy (non-hydrogen) atoms. The minimum atomic E-state index is 0.0497. The average Bonchev–Trinajstić information content (AvgIpc) is 3.28. The lowest BCUT2D eigenvalue weighted by atomic mass is 9.94. The number of methoxy groups -OCH3 is 2. The molecule has 0 radical (unpaired) electrons. The van der Waals surface area contributed by atoms with Crippen molar-refractivity contribution < 1.29 is 19.0 Å². The van der Waals surface area contributed by atoms with Crippen LogP contribution in [-0.2, 0) is 6.54 Å². The number of aromatic hydroxyl groups is 1. The first kappa shape index (κ1) is 18.7. The van der Waals surface area contributed by atoms with Crippen molar-refractivity contribution in [3.8, 4) is 28.4 Å². The number of fused-ring (bicyclic) bond motifs is 1. The maximum absolute atomic E-state index is 10.1. The van der Waals surface area contributed by atoms with Crippen LogP contribution in [0.3, 0.4) is 0 Å². The van der Waals surface area contributed by atoms with Gasteiger partial charge in [-0.3, -0.25) is 4.99 Å². The lowest BCUT2D eigenvalue weighted by Gasteiger charge is -2.16. The number of nitrogens with zero attached hydrogens (tertiary/aromatic N) is 1. The zero-order valence-electron chi connectivity index (χ0n) is 16.3. The first-order valence-corrected chi connectivity index (χ1v) is 9.22. The first-order valence-electron chi connectivity index (χ1n) is 9.22. The van der Waals surface area contributed by atoms with Gasteiger partial charge < -0.3 is 24.3 Å². The Labute approximate surface area is 169 Å². The van der Waals surface area contributed by atoms with Crippen molar-refractivity contribution in [2.45, 2.75) is 6.54 Å². The number of phenols is 1. The molecule has 0 spiro atoms. The van der Waals surface area contributed by atoms with E-state index in [9.17, 15) is 5.11 Å². The maximum Gasteiger partial charge on any atom is 0.203 e. The number of hydrogen-bond acceptors (Lipinski definition) is 6. The van der Waals surface area contributed by atoms with E-state index in [0.717, 1.165) is 33.4 Å². The molecule has 6 nitrogen and oxygen atoms in total. The normalized spacial score (nSPS) is 13.9. The van der Waals surface area contributed by atoms with E-state index in [1.165, 1.54) is 7.11 Å². The van der Waals surface area contributed by atoms with Crippen molar-refractivity contribution in [2.75, 3.05) is 20.8 Å². The fourth-order valence-corrected chi connectivity index (χ4v) is 3.40. The summed E-state index contributed by atoms with van der Waals surface area (Å²) in [5, 5.41) is 13.4. The molecule has 6 heteroatoms. The zero-order chi connectivity index (χ0) is 20.2. The Hall–Kier alpha value is -3.67. The second-order valence-corrected chi connectivity index (χ2v) is 6.68. The highest BCUT2D eigenvalue weighted by Gasteiger charge is 2.14. The molecular weight excluding hydrogens is 368 g/mol. The summed E-state index contributed by atoms with van der Waals surface area (Å²) < 4.78 is 15.7. The molecule has 0 bridgehead atoms. The van der Waals surface area contributed by atoms with Crippen LogP contribution in [-0.4, -0.2) is 32.1 Å². The van der Waals surface area contributed by atoms with Gasteiger partial charge in [-0.05, 0) is 52.1 Å². The molecule has 148 valence electrons. The highest BCUT2D eigenvalue weighted by atomic mass is 16.5. The topological polar surface area (TPSA) is 76.2 Å². The first-order chi connectivity index (χ1) is 14.2. The number of furan rings is 1. The number of nitrogens with one attached hydrogen (secondary N) is 1. The summed E-state index contributed by atoms with van der Waals surface area (Å²) >= 11 is 0. The van der Waals surface area contributed by atoms with E-state index in [4.69, 9.17) is 13.9 Å². The summed E-state index contributed by atoms with van der Waals surface area (Å²) in [7, 11) is 3.05. The Balaban J connectivity index is 1.55. The van der Waals surface area contributed by atoms with Gasteiger partial charge in [0.2, 0.25) is 5.75 Å². The third-order valence-corrected chi connectivity index (χ3v) is 4.85.